The Labute approximate surface area is 105 Å². The Bertz CT molecular complexity index is 549. The Morgan fingerprint density at radius 1 is 1.06 bits per heavy atom. The molecule has 0 radical (unpaired) electrons. The van der Waals surface area contributed by atoms with Crippen LogP contribution >= 0.6 is 0 Å². The minimum Gasteiger partial charge on any atom is -0.497 e. The van der Waals surface area contributed by atoms with Crippen LogP contribution in [0.5, 0.6) is 11.6 Å². The Balaban J connectivity index is 2.35. The van der Waals surface area contributed by atoms with Gasteiger partial charge in [0.15, 0.2) is 5.78 Å². The van der Waals surface area contributed by atoms with Crippen LogP contribution in [0.25, 0.3) is 0 Å². The first-order valence-corrected chi connectivity index (χ1v) is 5.44. The zero-order valence-electron chi connectivity index (χ0n) is 10.2. The summed E-state index contributed by atoms with van der Waals surface area (Å²) in [6.45, 7) is 0. The molecule has 92 valence electrons. The van der Waals surface area contributed by atoms with Gasteiger partial charge in [-0.05, 0) is 36.4 Å². The molecule has 2 aromatic rings. The van der Waals surface area contributed by atoms with Gasteiger partial charge in [0, 0.05) is 11.8 Å². The molecule has 1 heterocycles. The monoisotopic (exact) mass is 243 g/mol. The van der Waals surface area contributed by atoms with Crippen molar-refractivity contribution >= 4 is 5.78 Å². The summed E-state index contributed by atoms with van der Waals surface area (Å²) in [6.07, 6.45) is 1.59. The third kappa shape index (κ3) is 2.32. The maximum Gasteiger partial charge on any atom is 0.224 e. The van der Waals surface area contributed by atoms with Crippen LogP contribution in [0.3, 0.4) is 0 Å². The number of aromatic nitrogens is 1. The predicted molar refractivity (Wildman–Crippen MR) is 67.2 cm³/mol. The van der Waals surface area contributed by atoms with Crippen molar-refractivity contribution in [3.05, 3.63) is 53.7 Å². The topological polar surface area (TPSA) is 48.4 Å². The lowest BCUT2D eigenvalue weighted by atomic mass is 10.0. The minimum atomic E-state index is -0.123. The van der Waals surface area contributed by atoms with E-state index in [1.54, 1.807) is 49.7 Å². The van der Waals surface area contributed by atoms with Crippen LogP contribution in [0.15, 0.2) is 42.6 Å². The van der Waals surface area contributed by atoms with Gasteiger partial charge < -0.3 is 9.47 Å². The van der Waals surface area contributed by atoms with E-state index in [4.69, 9.17) is 9.47 Å². The molecule has 0 aliphatic rings. The number of benzene rings is 1. The molecule has 0 atom stereocenters. The largest absolute Gasteiger partial charge is 0.497 e. The molecule has 4 nitrogen and oxygen atoms in total. The normalized spacial score (nSPS) is 9.89. The quantitative estimate of drug-likeness (QED) is 0.773. The smallest absolute Gasteiger partial charge is 0.224 e. The first-order valence-electron chi connectivity index (χ1n) is 5.44. The highest BCUT2D eigenvalue weighted by Gasteiger charge is 2.14. The van der Waals surface area contributed by atoms with Gasteiger partial charge in [0.2, 0.25) is 5.88 Å². The number of ketones is 1. The highest BCUT2D eigenvalue weighted by Crippen LogP contribution is 2.20. The van der Waals surface area contributed by atoms with Crippen LogP contribution in [-0.4, -0.2) is 25.0 Å². The molecule has 0 bridgehead atoms. The molecular weight excluding hydrogens is 230 g/mol. The highest BCUT2D eigenvalue weighted by atomic mass is 16.5. The minimum absolute atomic E-state index is 0.123. The fraction of sp³-hybridized carbons (Fsp3) is 0.143. The number of carbonyl (C=O) groups excluding carboxylic acids is 1. The number of pyridine rings is 1. The van der Waals surface area contributed by atoms with E-state index in [9.17, 15) is 4.79 Å². The summed E-state index contributed by atoms with van der Waals surface area (Å²) < 4.78 is 10.1. The molecule has 1 aromatic carbocycles. The second kappa shape index (κ2) is 5.31. The summed E-state index contributed by atoms with van der Waals surface area (Å²) in [5.74, 6) is 0.922. The first kappa shape index (κ1) is 12.1. The van der Waals surface area contributed by atoms with Gasteiger partial charge in [-0.2, -0.15) is 0 Å². The Kier molecular flexibility index (Phi) is 3.57. The maximum atomic E-state index is 12.3. The summed E-state index contributed by atoms with van der Waals surface area (Å²) in [6, 6.07) is 10.3. The Morgan fingerprint density at radius 3 is 2.39 bits per heavy atom. The van der Waals surface area contributed by atoms with Gasteiger partial charge in [-0.1, -0.05) is 0 Å². The summed E-state index contributed by atoms with van der Waals surface area (Å²) in [4.78, 5) is 16.3. The molecule has 0 saturated heterocycles. The average Bonchev–Trinajstić information content (AvgIpc) is 2.46. The third-order valence-electron chi connectivity index (χ3n) is 2.56. The van der Waals surface area contributed by atoms with E-state index in [2.05, 4.69) is 4.98 Å². The first-order chi connectivity index (χ1) is 8.76. The third-order valence-corrected chi connectivity index (χ3v) is 2.56. The molecule has 0 spiro atoms. The van der Waals surface area contributed by atoms with E-state index in [1.165, 1.54) is 7.11 Å². The summed E-state index contributed by atoms with van der Waals surface area (Å²) in [7, 11) is 3.08. The molecule has 0 N–H and O–H groups in total. The number of hydrogen-bond acceptors (Lipinski definition) is 4. The summed E-state index contributed by atoms with van der Waals surface area (Å²) >= 11 is 0. The Morgan fingerprint density at radius 2 is 1.78 bits per heavy atom. The van der Waals surface area contributed by atoms with Crippen molar-refractivity contribution < 1.29 is 14.3 Å². The van der Waals surface area contributed by atoms with Crippen molar-refractivity contribution in [2.75, 3.05) is 14.2 Å². The van der Waals surface area contributed by atoms with Crippen molar-refractivity contribution in [2.45, 2.75) is 0 Å². The van der Waals surface area contributed by atoms with Crippen LogP contribution in [0, 0.1) is 0 Å². The molecule has 0 aliphatic carbocycles. The van der Waals surface area contributed by atoms with Gasteiger partial charge in [-0.25, -0.2) is 4.98 Å². The molecule has 0 aliphatic heterocycles. The molecule has 4 heteroatoms. The second-order valence-corrected chi connectivity index (χ2v) is 3.62. The van der Waals surface area contributed by atoms with Gasteiger partial charge >= 0.3 is 0 Å². The second-order valence-electron chi connectivity index (χ2n) is 3.62. The molecule has 0 saturated carbocycles. The van der Waals surface area contributed by atoms with Crippen LogP contribution in [0.2, 0.25) is 0 Å². The van der Waals surface area contributed by atoms with E-state index in [-0.39, 0.29) is 5.78 Å². The molecule has 18 heavy (non-hydrogen) atoms. The number of rotatable bonds is 4. The van der Waals surface area contributed by atoms with E-state index >= 15 is 0 Å². The van der Waals surface area contributed by atoms with E-state index in [0.717, 1.165) is 0 Å². The zero-order valence-corrected chi connectivity index (χ0v) is 10.2. The van der Waals surface area contributed by atoms with Gasteiger partial charge in [-0.3, -0.25) is 4.79 Å². The van der Waals surface area contributed by atoms with Crippen molar-refractivity contribution in [3.8, 4) is 11.6 Å². The van der Waals surface area contributed by atoms with Crippen molar-refractivity contribution in [1.29, 1.82) is 0 Å². The van der Waals surface area contributed by atoms with Crippen molar-refractivity contribution in [2.24, 2.45) is 0 Å². The standard InChI is InChI=1S/C14H13NO3/c1-17-11-7-5-10(6-8-11)13(16)12-4-3-9-15-14(12)18-2/h3-9H,1-2H3. The van der Waals surface area contributed by atoms with Crippen LogP contribution in [-0.2, 0) is 0 Å². The lowest BCUT2D eigenvalue weighted by Gasteiger charge is -2.06. The number of nitrogens with zero attached hydrogens (tertiary/aromatic N) is 1. The fourth-order valence-corrected chi connectivity index (χ4v) is 1.62. The van der Waals surface area contributed by atoms with E-state index in [1.807, 2.05) is 0 Å². The maximum absolute atomic E-state index is 12.3. The lowest BCUT2D eigenvalue weighted by molar-refractivity contribution is 0.103. The Hall–Kier alpha value is -2.36. The van der Waals surface area contributed by atoms with Crippen LogP contribution in [0.1, 0.15) is 15.9 Å². The van der Waals surface area contributed by atoms with Gasteiger partial charge in [0.05, 0.1) is 19.8 Å². The van der Waals surface area contributed by atoms with Gasteiger partial charge in [0.25, 0.3) is 0 Å². The van der Waals surface area contributed by atoms with Crippen LogP contribution in [0.4, 0.5) is 0 Å². The van der Waals surface area contributed by atoms with Gasteiger partial charge in [0.1, 0.15) is 5.75 Å². The summed E-state index contributed by atoms with van der Waals surface area (Å²) in [5.41, 5.74) is 1.02. The van der Waals surface area contributed by atoms with Crippen LogP contribution < -0.4 is 9.47 Å². The molecule has 2 rings (SSSR count). The average molecular weight is 243 g/mol. The SMILES string of the molecule is COc1ccc(C(=O)c2cccnc2OC)cc1. The zero-order chi connectivity index (χ0) is 13.0. The van der Waals surface area contributed by atoms with Gasteiger partial charge in [-0.15, -0.1) is 0 Å². The number of carbonyl (C=O) groups is 1. The molecule has 0 unspecified atom stereocenters. The summed E-state index contributed by atoms with van der Waals surface area (Å²) in [5, 5.41) is 0. The number of hydrogen-bond donors (Lipinski definition) is 0. The van der Waals surface area contributed by atoms with Crippen molar-refractivity contribution in [1.82, 2.24) is 4.98 Å². The van der Waals surface area contributed by atoms with Crippen molar-refractivity contribution in [3.63, 3.8) is 0 Å². The number of ether oxygens (including phenoxy) is 2. The van der Waals surface area contributed by atoms with E-state index < -0.39 is 0 Å². The predicted octanol–water partition coefficient (Wildman–Crippen LogP) is 2.33. The molecule has 0 fully saturated rings. The van der Waals surface area contributed by atoms with E-state index in [0.29, 0.717) is 22.8 Å². The number of methoxy groups -OCH3 is 2. The highest BCUT2D eigenvalue weighted by molar-refractivity contribution is 6.10. The lowest BCUT2D eigenvalue weighted by Crippen LogP contribution is -2.05. The fourth-order valence-electron chi connectivity index (χ4n) is 1.62. The molecule has 0 amide bonds. The molecular formula is C14H13NO3. The molecule has 1 aromatic heterocycles.